The molecule has 3 aromatic rings. The van der Waals surface area contributed by atoms with E-state index in [0.717, 1.165) is 25.1 Å². The van der Waals surface area contributed by atoms with E-state index in [1.54, 1.807) is 12.1 Å². The number of aromatic nitrogens is 4. The van der Waals surface area contributed by atoms with E-state index < -0.39 is 12.0 Å². The van der Waals surface area contributed by atoms with Crippen LogP contribution in [-0.2, 0) is 12.7 Å². The number of nitrogens with zero attached hydrogens (tertiary/aromatic N) is 4. The third-order valence-corrected chi connectivity index (χ3v) is 5.58. The second-order valence-electron chi connectivity index (χ2n) is 7.63. The molecule has 1 aliphatic rings. The zero-order valence-corrected chi connectivity index (χ0v) is 20.1. The van der Waals surface area contributed by atoms with Crippen molar-refractivity contribution in [3.63, 3.8) is 0 Å². The van der Waals surface area contributed by atoms with Crippen molar-refractivity contribution in [3.8, 4) is 11.4 Å². The van der Waals surface area contributed by atoms with Crippen LogP contribution in [0.2, 0.25) is 0 Å². The highest BCUT2D eigenvalue weighted by Gasteiger charge is 2.38. The molecular weight excluding hydrogens is 492 g/mol. The van der Waals surface area contributed by atoms with Gasteiger partial charge in [-0.1, -0.05) is 30.3 Å². The lowest BCUT2D eigenvalue weighted by Gasteiger charge is -2.33. The summed E-state index contributed by atoms with van der Waals surface area (Å²) >= 11 is 0. The maximum absolute atomic E-state index is 13.3. The largest absolute Gasteiger partial charge is 0.494 e. The Hall–Kier alpha value is -2.40. The number of ether oxygens (including phenoxy) is 1. The summed E-state index contributed by atoms with van der Waals surface area (Å²) in [5, 5.41) is 16.9. The van der Waals surface area contributed by atoms with Gasteiger partial charge in [-0.05, 0) is 54.1 Å². The van der Waals surface area contributed by atoms with Crippen molar-refractivity contribution in [1.29, 1.82) is 0 Å². The van der Waals surface area contributed by atoms with Gasteiger partial charge in [-0.2, -0.15) is 17.9 Å². The molecule has 0 amide bonds. The zero-order chi connectivity index (χ0) is 22.6. The topological polar surface area (TPSA) is 76.9 Å². The van der Waals surface area contributed by atoms with Gasteiger partial charge in [0, 0.05) is 30.6 Å². The van der Waals surface area contributed by atoms with E-state index in [1.165, 1.54) is 11.6 Å². The molecule has 2 heterocycles. The van der Waals surface area contributed by atoms with Crippen LogP contribution in [0, 0.1) is 0 Å². The first-order valence-electron chi connectivity index (χ1n) is 10.6. The number of piperidine rings is 1. The van der Waals surface area contributed by atoms with Gasteiger partial charge in [0.2, 0.25) is 0 Å². The van der Waals surface area contributed by atoms with Gasteiger partial charge < -0.3 is 15.4 Å². The standard InChI is InChI=1S/C22H25F3N6O.2ClH/c1-2-32-20-9-8-17(31-21(22(23,24)25)28-29-30-31)12-16(20)13-27-19-10-11-26-14-18(19)15-6-4-3-5-7-15;;/h3-9,12,18-19,26-27H,2,10-11,13-14H2,1H3;2*1H/t18-,19-;;/m0../s1. The molecule has 0 radical (unpaired) electrons. The molecule has 7 nitrogen and oxygen atoms in total. The lowest BCUT2D eigenvalue weighted by Crippen LogP contribution is -2.45. The second kappa shape index (κ2) is 12.3. The molecule has 1 fully saturated rings. The Balaban J connectivity index is 0.00000204. The van der Waals surface area contributed by atoms with E-state index in [0.29, 0.717) is 29.5 Å². The number of hydrogen-bond acceptors (Lipinski definition) is 6. The van der Waals surface area contributed by atoms with Crippen LogP contribution in [0.25, 0.3) is 5.69 Å². The third kappa shape index (κ3) is 6.38. The summed E-state index contributed by atoms with van der Waals surface area (Å²) in [4.78, 5) is 0. The van der Waals surface area contributed by atoms with E-state index in [2.05, 4.69) is 38.3 Å². The average Bonchev–Trinajstić information content (AvgIpc) is 3.30. The summed E-state index contributed by atoms with van der Waals surface area (Å²) in [6, 6.07) is 15.3. The normalized spacial score (nSPS) is 18.0. The minimum Gasteiger partial charge on any atom is -0.494 e. The van der Waals surface area contributed by atoms with Gasteiger partial charge >= 0.3 is 6.18 Å². The highest BCUT2D eigenvalue weighted by Crippen LogP contribution is 2.30. The van der Waals surface area contributed by atoms with E-state index in [1.807, 2.05) is 25.1 Å². The molecule has 0 spiro atoms. The Morgan fingerprint density at radius 2 is 1.91 bits per heavy atom. The Kier molecular flexibility index (Phi) is 10.1. The predicted molar refractivity (Wildman–Crippen MR) is 127 cm³/mol. The van der Waals surface area contributed by atoms with Crippen LogP contribution in [-0.4, -0.2) is 45.9 Å². The molecule has 2 N–H and O–H groups in total. The monoisotopic (exact) mass is 518 g/mol. The van der Waals surface area contributed by atoms with Crippen molar-refractivity contribution < 1.29 is 17.9 Å². The number of nitrogens with one attached hydrogen (secondary N) is 2. The maximum atomic E-state index is 13.3. The lowest BCUT2D eigenvalue weighted by atomic mass is 9.87. The third-order valence-electron chi connectivity index (χ3n) is 5.58. The highest BCUT2D eigenvalue weighted by atomic mass is 35.5. The van der Waals surface area contributed by atoms with Crippen LogP contribution >= 0.6 is 24.8 Å². The Morgan fingerprint density at radius 3 is 2.62 bits per heavy atom. The van der Waals surface area contributed by atoms with Crippen molar-refractivity contribution in [2.45, 2.75) is 38.0 Å². The van der Waals surface area contributed by atoms with Crippen LogP contribution in [0.3, 0.4) is 0 Å². The quantitative estimate of drug-likeness (QED) is 0.489. The fraction of sp³-hybridized carbons (Fsp3) is 0.409. The summed E-state index contributed by atoms with van der Waals surface area (Å²) in [6.45, 7) is 4.52. The van der Waals surface area contributed by atoms with E-state index in [-0.39, 0.29) is 36.5 Å². The molecule has 0 aliphatic carbocycles. The van der Waals surface area contributed by atoms with E-state index in [4.69, 9.17) is 4.74 Å². The number of tetrazole rings is 1. The van der Waals surface area contributed by atoms with Gasteiger partial charge in [-0.15, -0.1) is 29.9 Å². The number of rotatable bonds is 7. The van der Waals surface area contributed by atoms with Gasteiger partial charge in [-0.3, -0.25) is 0 Å². The van der Waals surface area contributed by atoms with Crippen molar-refractivity contribution >= 4 is 24.8 Å². The van der Waals surface area contributed by atoms with Gasteiger partial charge in [0.15, 0.2) is 0 Å². The highest BCUT2D eigenvalue weighted by molar-refractivity contribution is 5.85. The number of hydrogen-bond donors (Lipinski definition) is 2. The lowest BCUT2D eigenvalue weighted by molar-refractivity contribution is -0.146. The summed E-state index contributed by atoms with van der Waals surface area (Å²) in [6.07, 6.45) is -3.72. The molecule has 0 unspecified atom stereocenters. The molecule has 12 heteroatoms. The maximum Gasteiger partial charge on any atom is 0.453 e. The molecule has 1 aromatic heterocycles. The van der Waals surface area contributed by atoms with Crippen molar-refractivity contribution in [1.82, 2.24) is 30.8 Å². The van der Waals surface area contributed by atoms with Crippen molar-refractivity contribution in [3.05, 3.63) is 65.5 Å². The SMILES string of the molecule is CCOc1ccc(-n2nnnc2C(F)(F)F)cc1CN[C@H]1CCNC[C@H]1c1ccccc1.Cl.Cl. The fourth-order valence-electron chi connectivity index (χ4n) is 4.06. The van der Waals surface area contributed by atoms with Crippen LogP contribution in [0.4, 0.5) is 13.2 Å². The zero-order valence-electron chi connectivity index (χ0n) is 18.5. The molecule has 2 aromatic carbocycles. The summed E-state index contributed by atoms with van der Waals surface area (Å²) in [5.74, 6) is -0.251. The van der Waals surface area contributed by atoms with Gasteiger partial charge in [0.1, 0.15) is 5.75 Å². The predicted octanol–water partition coefficient (Wildman–Crippen LogP) is 4.16. The first-order valence-corrected chi connectivity index (χ1v) is 10.6. The first-order chi connectivity index (χ1) is 15.5. The second-order valence-corrected chi connectivity index (χ2v) is 7.63. The molecule has 34 heavy (non-hydrogen) atoms. The summed E-state index contributed by atoms with van der Waals surface area (Å²) in [5.41, 5.74) is 2.23. The minimum atomic E-state index is -4.65. The Bertz CT molecular complexity index is 1030. The molecule has 0 saturated carbocycles. The van der Waals surface area contributed by atoms with Crippen LogP contribution in [0.5, 0.6) is 5.75 Å². The fourth-order valence-corrected chi connectivity index (χ4v) is 4.06. The molecule has 0 bridgehead atoms. The van der Waals surface area contributed by atoms with Crippen LogP contribution < -0.4 is 15.4 Å². The average molecular weight is 519 g/mol. The first kappa shape index (κ1) is 27.8. The van der Waals surface area contributed by atoms with Crippen molar-refractivity contribution in [2.24, 2.45) is 0 Å². The smallest absolute Gasteiger partial charge is 0.453 e. The van der Waals surface area contributed by atoms with Gasteiger partial charge in [0.05, 0.1) is 12.3 Å². The summed E-state index contributed by atoms with van der Waals surface area (Å²) < 4.78 is 46.2. The van der Waals surface area contributed by atoms with E-state index >= 15 is 0 Å². The van der Waals surface area contributed by atoms with Crippen LogP contribution in [0.1, 0.15) is 36.2 Å². The molecule has 4 rings (SSSR count). The van der Waals surface area contributed by atoms with Crippen LogP contribution in [0.15, 0.2) is 48.5 Å². The number of benzene rings is 2. The van der Waals surface area contributed by atoms with Gasteiger partial charge in [-0.25, -0.2) is 0 Å². The molecular formula is C22H27Cl2F3N6O. The van der Waals surface area contributed by atoms with E-state index in [9.17, 15) is 13.2 Å². The Morgan fingerprint density at radius 1 is 1.15 bits per heavy atom. The molecule has 1 saturated heterocycles. The summed E-state index contributed by atoms with van der Waals surface area (Å²) in [7, 11) is 0. The van der Waals surface area contributed by atoms with Gasteiger partial charge in [0.25, 0.3) is 5.82 Å². The number of halogens is 5. The molecule has 186 valence electrons. The minimum absolute atomic E-state index is 0. The number of alkyl halides is 3. The van der Waals surface area contributed by atoms with Crippen molar-refractivity contribution in [2.75, 3.05) is 19.7 Å². The Labute approximate surface area is 208 Å². The molecule has 1 aliphatic heterocycles. The molecule has 2 atom stereocenters.